The Hall–Kier alpha value is -3.73. The normalized spacial score (nSPS) is 11.9. The molecule has 1 atom stereocenters. The number of amides is 1. The Morgan fingerprint density at radius 1 is 0.966 bits per heavy atom. The summed E-state index contributed by atoms with van der Waals surface area (Å²) in [6.45, 7) is 1.99. The van der Waals surface area contributed by atoms with Crippen LogP contribution in [0.2, 0.25) is 0 Å². The molecule has 5 heteroatoms. The van der Waals surface area contributed by atoms with Gasteiger partial charge in [0.2, 0.25) is 11.8 Å². The summed E-state index contributed by atoms with van der Waals surface area (Å²) in [4.78, 5) is 29.3. The van der Waals surface area contributed by atoms with Crippen molar-refractivity contribution in [3.63, 3.8) is 0 Å². The van der Waals surface area contributed by atoms with Gasteiger partial charge >= 0.3 is 5.63 Å². The number of carbonyl (C=O) groups excluding carboxylic acids is 1. The van der Waals surface area contributed by atoms with Gasteiger partial charge < -0.3 is 9.73 Å². The molecule has 0 spiro atoms. The van der Waals surface area contributed by atoms with Crippen molar-refractivity contribution in [3.05, 3.63) is 94.8 Å². The highest BCUT2D eigenvalue weighted by molar-refractivity contribution is 5.96. The van der Waals surface area contributed by atoms with Crippen LogP contribution in [-0.2, 0) is 4.79 Å². The van der Waals surface area contributed by atoms with Crippen LogP contribution in [0.1, 0.15) is 24.8 Å². The fourth-order valence-electron chi connectivity index (χ4n) is 3.33. The molecule has 0 aliphatic heterocycles. The van der Waals surface area contributed by atoms with Gasteiger partial charge in [-0.1, -0.05) is 49.4 Å². The molecule has 1 N–H and O–H groups in total. The van der Waals surface area contributed by atoms with E-state index < -0.39 is 5.63 Å². The number of hydrogen-bond donors (Lipinski definition) is 1. The highest BCUT2D eigenvalue weighted by atomic mass is 16.4. The lowest BCUT2D eigenvalue weighted by molar-refractivity contribution is -0.117. The number of para-hydroxylation sites is 1. The van der Waals surface area contributed by atoms with Gasteiger partial charge in [-0.2, -0.15) is 0 Å². The molecule has 0 radical (unpaired) electrons. The summed E-state index contributed by atoms with van der Waals surface area (Å²) in [5.74, 6) is -0.0137. The molecule has 0 saturated heterocycles. The summed E-state index contributed by atoms with van der Waals surface area (Å²) >= 11 is 0. The van der Waals surface area contributed by atoms with Crippen LogP contribution in [0.3, 0.4) is 0 Å². The Morgan fingerprint density at radius 3 is 2.38 bits per heavy atom. The molecule has 29 heavy (non-hydrogen) atoms. The molecule has 0 fully saturated rings. The standard InChI is InChI=1S/C24H20N2O3/c1-2-19(16-8-4-3-5-9-16)22(27)25-18-14-12-17(13-15-18)23-26-21-11-7-6-10-20(21)24(28)29-23/h3-15,19H,2H2,1H3,(H,25,27). The third kappa shape index (κ3) is 3.94. The Bertz CT molecular complexity index is 1200. The van der Waals surface area contributed by atoms with Crippen molar-refractivity contribution in [3.8, 4) is 11.5 Å². The summed E-state index contributed by atoms with van der Waals surface area (Å²) in [6, 6.07) is 23.9. The highest BCUT2D eigenvalue weighted by Crippen LogP contribution is 2.24. The first-order valence-corrected chi connectivity index (χ1v) is 9.52. The van der Waals surface area contributed by atoms with Crippen LogP contribution in [0, 0.1) is 0 Å². The molecule has 4 rings (SSSR count). The van der Waals surface area contributed by atoms with Gasteiger partial charge in [-0.25, -0.2) is 9.78 Å². The molecule has 0 aliphatic carbocycles. The summed E-state index contributed by atoms with van der Waals surface area (Å²) in [5, 5.41) is 3.41. The number of carbonyl (C=O) groups is 1. The maximum absolute atomic E-state index is 12.7. The van der Waals surface area contributed by atoms with Crippen LogP contribution < -0.4 is 10.9 Å². The number of nitrogens with zero attached hydrogens (tertiary/aromatic N) is 1. The van der Waals surface area contributed by atoms with Gasteiger partial charge in [-0.15, -0.1) is 0 Å². The number of rotatable bonds is 5. The number of fused-ring (bicyclic) bond motifs is 1. The second kappa shape index (κ2) is 8.10. The average Bonchev–Trinajstić information content (AvgIpc) is 2.75. The minimum absolute atomic E-state index is 0.0539. The predicted molar refractivity (Wildman–Crippen MR) is 114 cm³/mol. The lowest BCUT2D eigenvalue weighted by atomic mass is 9.95. The van der Waals surface area contributed by atoms with Gasteiger partial charge in [-0.3, -0.25) is 4.79 Å². The van der Waals surface area contributed by atoms with Crippen molar-refractivity contribution in [2.75, 3.05) is 5.32 Å². The van der Waals surface area contributed by atoms with Gasteiger partial charge in [0.15, 0.2) is 0 Å². The number of hydrogen-bond acceptors (Lipinski definition) is 4. The second-order valence-electron chi connectivity index (χ2n) is 6.76. The van der Waals surface area contributed by atoms with Gasteiger partial charge in [0.25, 0.3) is 0 Å². The van der Waals surface area contributed by atoms with Gasteiger partial charge in [-0.05, 0) is 48.4 Å². The molecule has 4 aromatic rings. The van der Waals surface area contributed by atoms with E-state index in [1.54, 1.807) is 42.5 Å². The van der Waals surface area contributed by atoms with Crippen LogP contribution in [0.4, 0.5) is 5.69 Å². The van der Waals surface area contributed by atoms with E-state index >= 15 is 0 Å². The zero-order valence-electron chi connectivity index (χ0n) is 16.0. The number of benzene rings is 3. The maximum atomic E-state index is 12.7. The van der Waals surface area contributed by atoms with Crippen molar-refractivity contribution in [1.82, 2.24) is 4.98 Å². The van der Waals surface area contributed by atoms with Crippen molar-refractivity contribution >= 4 is 22.5 Å². The topological polar surface area (TPSA) is 72.2 Å². The summed E-state index contributed by atoms with van der Waals surface area (Å²) in [7, 11) is 0. The van der Waals surface area contributed by atoms with E-state index in [9.17, 15) is 9.59 Å². The van der Waals surface area contributed by atoms with Crippen molar-refractivity contribution < 1.29 is 9.21 Å². The zero-order chi connectivity index (χ0) is 20.2. The van der Waals surface area contributed by atoms with Crippen LogP contribution in [0.25, 0.3) is 22.4 Å². The first kappa shape index (κ1) is 18.6. The van der Waals surface area contributed by atoms with Crippen molar-refractivity contribution in [1.29, 1.82) is 0 Å². The molecule has 0 aliphatic rings. The third-order valence-corrected chi connectivity index (χ3v) is 4.86. The van der Waals surface area contributed by atoms with Crippen LogP contribution >= 0.6 is 0 Å². The lowest BCUT2D eigenvalue weighted by Gasteiger charge is -2.15. The lowest BCUT2D eigenvalue weighted by Crippen LogP contribution is -2.20. The van der Waals surface area contributed by atoms with Gasteiger partial charge in [0, 0.05) is 11.3 Å². The molecule has 3 aromatic carbocycles. The largest absolute Gasteiger partial charge is 0.403 e. The predicted octanol–water partition coefficient (Wildman–Crippen LogP) is 4.99. The molecule has 1 unspecified atom stereocenters. The number of nitrogens with one attached hydrogen (secondary N) is 1. The fraction of sp³-hybridized carbons (Fsp3) is 0.125. The molecule has 5 nitrogen and oxygen atoms in total. The Balaban J connectivity index is 1.55. The number of anilines is 1. The first-order valence-electron chi connectivity index (χ1n) is 9.52. The molecule has 1 heterocycles. The fourth-order valence-corrected chi connectivity index (χ4v) is 3.33. The number of aromatic nitrogens is 1. The minimum Gasteiger partial charge on any atom is -0.403 e. The molecular formula is C24H20N2O3. The summed E-state index contributed by atoms with van der Waals surface area (Å²) in [5.41, 5.74) is 2.50. The summed E-state index contributed by atoms with van der Waals surface area (Å²) < 4.78 is 5.36. The van der Waals surface area contributed by atoms with E-state index in [2.05, 4.69) is 10.3 Å². The third-order valence-electron chi connectivity index (χ3n) is 4.86. The highest BCUT2D eigenvalue weighted by Gasteiger charge is 2.18. The van der Waals surface area contributed by atoms with Crippen molar-refractivity contribution in [2.45, 2.75) is 19.3 Å². The first-order chi connectivity index (χ1) is 14.2. The molecule has 0 saturated carbocycles. The quantitative estimate of drug-likeness (QED) is 0.526. The average molecular weight is 384 g/mol. The van der Waals surface area contributed by atoms with E-state index in [1.165, 1.54) is 0 Å². The molecular weight excluding hydrogens is 364 g/mol. The molecule has 144 valence electrons. The maximum Gasteiger partial charge on any atom is 0.347 e. The Labute approximate surface area is 168 Å². The second-order valence-corrected chi connectivity index (χ2v) is 6.76. The van der Waals surface area contributed by atoms with E-state index in [1.807, 2.05) is 43.3 Å². The summed E-state index contributed by atoms with van der Waals surface area (Å²) in [6.07, 6.45) is 0.708. The SMILES string of the molecule is CCC(C(=O)Nc1ccc(-c2nc3ccccc3c(=O)o2)cc1)c1ccccc1. The van der Waals surface area contributed by atoms with Crippen LogP contribution in [0.15, 0.2) is 88.1 Å². The minimum atomic E-state index is -0.420. The molecule has 1 amide bonds. The van der Waals surface area contributed by atoms with E-state index in [0.29, 0.717) is 28.6 Å². The van der Waals surface area contributed by atoms with Gasteiger partial charge in [0.05, 0.1) is 16.8 Å². The van der Waals surface area contributed by atoms with Crippen LogP contribution in [-0.4, -0.2) is 10.9 Å². The van der Waals surface area contributed by atoms with Gasteiger partial charge in [0.1, 0.15) is 0 Å². The Morgan fingerprint density at radius 2 is 1.66 bits per heavy atom. The van der Waals surface area contributed by atoms with E-state index in [4.69, 9.17) is 4.42 Å². The smallest absolute Gasteiger partial charge is 0.347 e. The molecule has 1 aromatic heterocycles. The van der Waals surface area contributed by atoms with E-state index in [0.717, 1.165) is 5.56 Å². The molecule has 0 bridgehead atoms. The van der Waals surface area contributed by atoms with Crippen molar-refractivity contribution in [2.24, 2.45) is 0 Å². The Kier molecular flexibility index (Phi) is 5.20. The zero-order valence-corrected chi connectivity index (χ0v) is 16.0. The van der Waals surface area contributed by atoms with Crippen LogP contribution in [0.5, 0.6) is 0 Å². The monoisotopic (exact) mass is 384 g/mol. The van der Waals surface area contributed by atoms with E-state index in [-0.39, 0.29) is 17.7 Å².